The zero-order chi connectivity index (χ0) is 22.5. The van der Waals surface area contributed by atoms with Crippen molar-refractivity contribution in [2.45, 2.75) is 37.0 Å². The van der Waals surface area contributed by atoms with Gasteiger partial charge in [0, 0.05) is 30.5 Å². The van der Waals surface area contributed by atoms with Crippen molar-refractivity contribution in [1.82, 2.24) is 5.32 Å². The summed E-state index contributed by atoms with van der Waals surface area (Å²) in [6, 6.07) is 22.1. The van der Waals surface area contributed by atoms with E-state index in [-0.39, 0.29) is 17.1 Å². The molecule has 3 aromatic rings. The lowest BCUT2D eigenvalue weighted by atomic mass is 10.0. The van der Waals surface area contributed by atoms with Gasteiger partial charge in [0.1, 0.15) is 5.75 Å². The van der Waals surface area contributed by atoms with Crippen molar-refractivity contribution >= 4 is 29.3 Å². The smallest absolute Gasteiger partial charge is 0.233 e. The molecule has 164 valence electrons. The van der Waals surface area contributed by atoms with Crippen LogP contribution in [0.4, 0.5) is 5.69 Å². The van der Waals surface area contributed by atoms with E-state index in [2.05, 4.69) is 47.0 Å². The summed E-state index contributed by atoms with van der Waals surface area (Å²) in [5.74, 6) is 0.875. The van der Waals surface area contributed by atoms with E-state index in [4.69, 9.17) is 4.74 Å². The Morgan fingerprint density at radius 2 is 1.72 bits per heavy atom. The van der Waals surface area contributed by atoms with Crippen LogP contribution >= 0.6 is 11.8 Å². The molecule has 0 bridgehead atoms. The van der Waals surface area contributed by atoms with Gasteiger partial charge >= 0.3 is 0 Å². The molecule has 0 saturated carbocycles. The van der Waals surface area contributed by atoms with E-state index in [1.807, 2.05) is 37.3 Å². The van der Waals surface area contributed by atoms with Crippen molar-refractivity contribution in [3.05, 3.63) is 77.9 Å². The molecule has 2 N–H and O–H groups in total. The van der Waals surface area contributed by atoms with E-state index in [0.717, 1.165) is 40.5 Å². The Hall–Kier alpha value is -3.25. The predicted molar refractivity (Wildman–Crippen MR) is 129 cm³/mol. The summed E-state index contributed by atoms with van der Waals surface area (Å²) in [5.41, 5.74) is 5.40. The minimum atomic E-state index is -0.227. The third-order valence-electron chi connectivity index (χ3n) is 5.30. The van der Waals surface area contributed by atoms with Gasteiger partial charge in [0.15, 0.2) is 0 Å². The number of fused-ring (bicyclic) bond motifs is 1. The standard InChI is InChI=1S/C26H26N2O3S/c1-17(32-24-10-8-23(9-11-24)28-18(2)29)26(30)27-16-19-3-5-20(6-4-19)21-7-12-25-22(15-21)13-14-31-25/h3-12,15,17H,13-14,16H2,1-2H3,(H,27,30)(H,28,29). The molecule has 5 nitrogen and oxygen atoms in total. The molecule has 0 saturated heterocycles. The number of amides is 2. The summed E-state index contributed by atoms with van der Waals surface area (Å²) >= 11 is 1.49. The summed E-state index contributed by atoms with van der Waals surface area (Å²) in [6.45, 7) is 4.62. The molecule has 1 atom stereocenters. The number of thioether (sulfide) groups is 1. The highest BCUT2D eigenvalue weighted by Crippen LogP contribution is 2.30. The number of nitrogens with one attached hydrogen (secondary N) is 2. The molecule has 4 rings (SSSR count). The topological polar surface area (TPSA) is 67.4 Å². The molecule has 0 radical (unpaired) electrons. The maximum atomic E-state index is 12.5. The van der Waals surface area contributed by atoms with Crippen molar-refractivity contribution in [1.29, 1.82) is 0 Å². The fourth-order valence-electron chi connectivity index (χ4n) is 3.59. The number of benzene rings is 3. The van der Waals surface area contributed by atoms with Gasteiger partial charge in [0.05, 0.1) is 11.9 Å². The minimum Gasteiger partial charge on any atom is -0.493 e. The number of anilines is 1. The molecule has 6 heteroatoms. The van der Waals surface area contributed by atoms with E-state index in [0.29, 0.717) is 6.54 Å². The van der Waals surface area contributed by atoms with Gasteiger partial charge in [-0.1, -0.05) is 30.3 Å². The first-order chi connectivity index (χ1) is 15.5. The van der Waals surface area contributed by atoms with Crippen LogP contribution < -0.4 is 15.4 Å². The van der Waals surface area contributed by atoms with E-state index >= 15 is 0 Å². The highest BCUT2D eigenvalue weighted by molar-refractivity contribution is 8.00. The van der Waals surface area contributed by atoms with E-state index < -0.39 is 0 Å². The summed E-state index contributed by atoms with van der Waals surface area (Å²) in [4.78, 5) is 24.6. The molecule has 1 heterocycles. The largest absolute Gasteiger partial charge is 0.493 e. The van der Waals surface area contributed by atoms with E-state index in [1.54, 1.807) is 0 Å². The number of carbonyl (C=O) groups excluding carboxylic acids is 2. The summed E-state index contributed by atoms with van der Waals surface area (Å²) < 4.78 is 5.58. The molecule has 0 fully saturated rings. The molecule has 0 aliphatic carbocycles. The van der Waals surface area contributed by atoms with Crippen LogP contribution in [0.3, 0.4) is 0 Å². The van der Waals surface area contributed by atoms with Gasteiger partial charge in [-0.05, 0) is 65.6 Å². The quantitative estimate of drug-likeness (QED) is 0.499. The van der Waals surface area contributed by atoms with Gasteiger partial charge in [0.2, 0.25) is 11.8 Å². The van der Waals surface area contributed by atoms with Crippen LogP contribution in [0, 0.1) is 0 Å². The van der Waals surface area contributed by atoms with Crippen LogP contribution in [0.5, 0.6) is 5.75 Å². The fraction of sp³-hybridized carbons (Fsp3) is 0.231. The number of carbonyl (C=O) groups is 2. The lowest BCUT2D eigenvalue weighted by Crippen LogP contribution is -2.30. The van der Waals surface area contributed by atoms with Crippen molar-refractivity contribution in [2.75, 3.05) is 11.9 Å². The average Bonchev–Trinajstić information content (AvgIpc) is 3.26. The first-order valence-electron chi connectivity index (χ1n) is 10.6. The van der Waals surface area contributed by atoms with Gasteiger partial charge < -0.3 is 15.4 Å². The molecule has 1 aliphatic rings. The summed E-state index contributed by atoms with van der Waals surface area (Å²) in [5, 5.41) is 5.53. The van der Waals surface area contributed by atoms with Crippen LogP contribution in [0.2, 0.25) is 0 Å². The first-order valence-corrected chi connectivity index (χ1v) is 11.5. The van der Waals surface area contributed by atoms with Gasteiger partial charge in [0.25, 0.3) is 0 Å². The predicted octanol–water partition coefficient (Wildman–Crippen LogP) is 5.04. The van der Waals surface area contributed by atoms with Crippen LogP contribution in [0.1, 0.15) is 25.0 Å². The maximum absolute atomic E-state index is 12.5. The molecule has 32 heavy (non-hydrogen) atoms. The Morgan fingerprint density at radius 1 is 1.00 bits per heavy atom. The third-order valence-corrected chi connectivity index (χ3v) is 6.41. The van der Waals surface area contributed by atoms with Crippen molar-refractivity contribution in [3.63, 3.8) is 0 Å². The van der Waals surface area contributed by atoms with Crippen molar-refractivity contribution < 1.29 is 14.3 Å². The van der Waals surface area contributed by atoms with Crippen molar-refractivity contribution in [2.24, 2.45) is 0 Å². The molecule has 0 spiro atoms. The van der Waals surface area contributed by atoms with Gasteiger partial charge in [-0.15, -0.1) is 11.8 Å². The second kappa shape index (κ2) is 9.92. The highest BCUT2D eigenvalue weighted by Gasteiger charge is 2.15. The van der Waals surface area contributed by atoms with Gasteiger partial charge in [-0.2, -0.15) is 0 Å². The summed E-state index contributed by atoms with van der Waals surface area (Å²) in [6.07, 6.45) is 0.961. The first kappa shape index (κ1) is 22.0. The number of hydrogen-bond donors (Lipinski definition) is 2. The number of hydrogen-bond acceptors (Lipinski definition) is 4. The highest BCUT2D eigenvalue weighted by atomic mass is 32.2. The molecule has 1 aliphatic heterocycles. The third kappa shape index (κ3) is 5.51. The Balaban J connectivity index is 1.29. The average molecular weight is 447 g/mol. The fourth-order valence-corrected chi connectivity index (χ4v) is 4.48. The lowest BCUT2D eigenvalue weighted by molar-refractivity contribution is -0.120. The van der Waals surface area contributed by atoms with Gasteiger partial charge in [-0.3, -0.25) is 9.59 Å². The zero-order valence-corrected chi connectivity index (χ0v) is 19.0. The number of ether oxygens (including phenoxy) is 1. The second-order valence-electron chi connectivity index (χ2n) is 7.80. The Labute approximate surface area is 192 Å². The SMILES string of the molecule is CC(=O)Nc1ccc(SC(C)C(=O)NCc2ccc(-c3ccc4c(c3)CCO4)cc2)cc1. The summed E-state index contributed by atoms with van der Waals surface area (Å²) in [7, 11) is 0. The maximum Gasteiger partial charge on any atom is 0.233 e. The molecule has 2 amide bonds. The van der Waals surface area contributed by atoms with E-state index in [9.17, 15) is 9.59 Å². The monoisotopic (exact) mass is 446 g/mol. The van der Waals surface area contributed by atoms with Crippen molar-refractivity contribution in [3.8, 4) is 16.9 Å². The number of rotatable bonds is 7. The molecular weight excluding hydrogens is 420 g/mol. The van der Waals surface area contributed by atoms with Crippen LogP contribution in [0.25, 0.3) is 11.1 Å². The molecule has 1 unspecified atom stereocenters. The second-order valence-corrected chi connectivity index (χ2v) is 9.22. The lowest BCUT2D eigenvalue weighted by Gasteiger charge is -2.13. The normalized spacial score (nSPS) is 13.1. The van der Waals surface area contributed by atoms with Crippen LogP contribution in [-0.2, 0) is 22.6 Å². The molecular formula is C26H26N2O3S. The Morgan fingerprint density at radius 3 is 2.44 bits per heavy atom. The zero-order valence-electron chi connectivity index (χ0n) is 18.2. The van der Waals surface area contributed by atoms with Crippen LogP contribution in [-0.4, -0.2) is 23.7 Å². The molecule has 3 aromatic carbocycles. The van der Waals surface area contributed by atoms with E-state index in [1.165, 1.54) is 29.8 Å². The van der Waals surface area contributed by atoms with Gasteiger partial charge in [-0.25, -0.2) is 0 Å². The Kier molecular flexibility index (Phi) is 6.81. The Bertz CT molecular complexity index is 1110. The molecule has 0 aromatic heterocycles. The minimum absolute atomic E-state index is 0.0105. The van der Waals surface area contributed by atoms with Crippen LogP contribution in [0.15, 0.2) is 71.6 Å².